The summed E-state index contributed by atoms with van der Waals surface area (Å²) in [6, 6.07) is 8.72. The minimum absolute atomic E-state index is 0.458. The molecule has 0 spiro atoms. The highest BCUT2D eigenvalue weighted by atomic mass is 19.1. The van der Waals surface area contributed by atoms with E-state index in [9.17, 15) is 4.39 Å². The van der Waals surface area contributed by atoms with Crippen molar-refractivity contribution in [3.63, 3.8) is 0 Å². The van der Waals surface area contributed by atoms with Crippen LogP contribution in [0, 0.1) is 0 Å². The van der Waals surface area contributed by atoms with Crippen LogP contribution in [0.15, 0.2) is 24.3 Å². The first-order valence-electron chi connectivity index (χ1n) is 6.02. The molecule has 1 aliphatic carbocycles. The number of alkyl halides is 1. The Morgan fingerprint density at radius 3 is 2.53 bits per heavy atom. The van der Waals surface area contributed by atoms with Crippen molar-refractivity contribution in [1.29, 1.82) is 0 Å². The fourth-order valence-corrected chi connectivity index (χ4v) is 2.46. The Kier molecular flexibility index (Phi) is 3.40. The second-order valence-corrected chi connectivity index (χ2v) is 4.56. The van der Waals surface area contributed by atoms with E-state index >= 15 is 0 Å². The van der Waals surface area contributed by atoms with Gasteiger partial charge in [0.25, 0.3) is 0 Å². The molecular formula is C14H19F. The number of aryl methyl sites for hydroxylation is 1. The number of hydrogen-bond acceptors (Lipinski definition) is 0. The molecule has 0 N–H and O–H groups in total. The van der Waals surface area contributed by atoms with E-state index in [2.05, 4.69) is 31.2 Å². The average Bonchev–Trinajstić information content (AvgIpc) is 2.29. The molecule has 0 bridgehead atoms. The van der Waals surface area contributed by atoms with Crippen molar-refractivity contribution < 1.29 is 4.39 Å². The summed E-state index contributed by atoms with van der Waals surface area (Å²) in [4.78, 5) is 0. The summed E-state index contributed by atoms with van der Waals surface area (Å²) in [5.41, 5.74) is 2.70. The topological polar surface area (TPSA) is 0 Å². The highest BCUT2D eigenvalue weighted by molar-refractivity contribution is 5.25. The summed E-state index contributed by atoms with van der Waals surface area (Å²) < 4.78 is 13.3. The lowest BCUT2D eigenvalue weighted by Crippen LogP contribution is -2.14. The molecule has 15 heavy (non-hydrogen) atoms. The minimum atomic E-state index is -0.574. The van der Waals surface area contributed by atoms with Crippen LogP contribution in [0.3, 0.4) is 0 Å². The van der Waals surface area contributed by atoms with Crippen LogP contribution >= 0.6 is 0 Å². The molecule has 1 aromatic rings. The zero-order valence-electron chi connectivity index (χ0n) is 9.38. The van der Waals surface area contributed by atoms with Gasteiger partial charge in [0.15, 0.2) is 0 Å². The zero-order valence-corrected chi connectivity index (χ0v) is 9.38. The van der Waals surface area contributed by atoms with Gasteiger partial charge in [0.1, 0.15) is 6.17 Å². The van der Waals surface area contributed by atoms with Gasteiger partial charge in [0.2, 0.25) is 0 Å². The molecule has 1 fully saturated rings. The van der Waals surface area contributed by atoms with Crippen LogP contribution in [0.2, 0.25) is 0 Å². The lowest BCUT2D eigenvalue weighted by atomic mass is 9.83. The molecule has 0 nitrogen and oxygen atoms in total. The molecule has 2 unspecified atom stereocenters. The summed E-state index contributed by atoms with van der Waals surface area (Å²) in [5.74, 6) is 0.458. The van der Waals surface area contributed by atoms with Gasteiger partial charge in [0.05, 0.1) is 0 Å². The smallest absolute Gasteiger partial charge is 0.101 e. The van der Waals surface area contributed by atoms with Gasteiger partial charge in [-0.1, -0.05) is 31.2 Å². The van der Waals surface area contributed by atoms with Gasteiger partial charge in [-0.25, -0.2) is 4.39 Å². The van der Waals surface area contributed by atoms with Crippen LogP contribution in [0.25, 0.3) is 0 Å². The maximum atomic E-state index is 13.3. The molecule has 0 aromatic heterocycles. The third-order valence-corrected chi connectivity index (χ3v) is 3.47. The van der Waals surface area contributed by atoms with Gasteiger partial charge in [0, 0.05) is 0 Å². The Morgan fingerprint density at radius 1 is 1.20 bits per heavy atom. The van der Waals surface area contributed by atoms with Crippen molar-refractivity contribution in [3.8, 4) is 0 Å². The molecule has 0 aliphatic heterocycles. The second kappa shape index (κ2) is 4.78. The third-order valence-electron chi connectivity index (χ3n) is 3.47. The van der Waals surface area contributed by atoms with Crippen molar-refractivity contribution in [1.82, 2.24) is 0 Å². The zero-order chi connectivity index (χ0) is 10.7. The van der Waals surface area contributed by atoms with Crippen LogP contribution in [-0.2, 0) is 6.42 Å². The average molecular weight is 206 g/mol. The predicted molar refractivity (Wildman–Crippen MR) is 61.9 cm³/mol. The van der Waals surface area contributed by atoms with Crippen LogP contribution in [-0.4, -0.2) is 6.17 Å². The van der Waals surface area contributed by atoms with Crippen molar-refractivity contribution in [2.45, 2.75) is 51.1 Å². The van der Waals surface area contributed by atoms with E-state index in [-0.39, 0.29) is 0 Å². The number of benzene rings is 1. The molecule has 0 saturated heterocycles. The molecule has 0 amide bonds. The van der Waals surface area contributed by atoms with E-state index in [0.29, 0.717) is 5.92 Å². The summed E-state index contributed by atoms with van der Waals surface area (Å²) in [6.45, 7) is 2.16. The van der Waals surface area contributed by atoms with E-state index in [4.69, 9.17) is 0 Å². The van der Waals surface area contributed by atoms with Crippen molar-refractivity contribution in [2.24, 2.45) is 0 Å². The van der Waals surface area contributed by atoms with E-state index < -0.39 is 6.17 Å². The number of rotatable bonds is 2. The van der Waals surface area contributed by atoms with Crippen LogP contribution in [0.1, 0.15) is 49.7 Å². The van der Waals surface area contributed by atoms with Crippen molar-refractivity contribution >= 4 is 0 Å². The first-order valence-corrected chi connectivity index (χ1v) is 6.02. The maximum absolute atomic E-state index is 13.3. The van der Waals surface area contributed by atoms with E-state index in [0.717, 1.165) is 32.1 Å². The third kappa shape index (κ3) is 2.58. The Bertz CT molecular complexity index is 302. The van der Waals surface area contributed by atoms with E-state index in [1.54, 1.807) is 0 Å². The molecule has 0 radical (unpaired) electrons. The van der Waals surface area contributed by atoms with Gasteiger partial charge in [-0.15, -0.1) is 0 Å². The summed E-state index contributed by atoms with van der Waals surface area (Å²) >= 11 is 0. The van der Waals surface area contributed by atoms with Crippen LogP contribution < -0.4 is 0 Å². The van der Waals surface area contributed by atoms with Crippen molar-refractivity contribution in [3.05, 3.63) is 35.4 Å². The van der Waals surface area contributed by atoms with Crippen molar-refractivity contribution in [2.75, 3.05) is 0 Å². The quantitative estimate of drug-likeness (QED) is 0.678. The highest BCUT2D eigenvalue weighted by Crippen LogP contribution is 2.34. The fraction of sp³-hybridized carbons (Fsp3) is 0.571. The monoisotopic (exact) mass is 206 g/mol. The molecule has 0 heterocycles. The normalized spacial score (nSPS) is 26.5. The first kappa shape index (κ1) is 10.7. The molecular weight excluding hydrogens is 187 g/mol. The van der Waals surface area contributed by atoms with Crippen LogP contribution in [0.5, 0.6) is 0 Å². The lowest BCUT2D eigenvalue weighted by molar-refractivity contribution is 0.231. The number of halogens is 1. The highest BCUT2D eigenvalue weighted by Gasteiger charge is 2.22. The van der Waals surface area contributed by atoms with E-state index in [1.165, 1.54) is 11.1 Å². The van der Waals surface area contributed by atoms with Gasteiger partial charge in [-0.2, -0.15) is 0 Å². The first-order chi connectivity index (χ1) is 7.29. The van der Waals surface area contributed by atoms with Gasteiger partial charge in [-0.05, 0) is 49.1 Å². The van der Waals surface area contributed by atoms with Crippen LogP contribution in [0.4, 0.5) is 4.39 Å². The summed E-state index contributed by atoms with van der Waals surface area (Å²) in [6.07, 6.45) is 4.20. The maximum Gasteiger partial charge on any atom is 0.101 e. The second-order valence-electron chi connectivity index (χ2n) is 4.56. The summed E-state index contributed by atoms with van der Waals surface area (Å²) in [7, 11) is 0. The van der Waals surface area contributed by atoms with Gasteiger partial charge >= 0.3 is 0 Å². The predicted octanol–water partition coefficient (Wildman–Crippen LogP) is 4.24. The molecule has 1 aromatic carbocycles. The Morgan fingerprint density at radius 2 is 1.93 bits per heavy atom. The Balaban J connectivity index is 2.07. The molecule has 2 rings (SSSR count). The lowest BCUT2D eigenvalue weighted by Gasteiger charge is -2.24. The molecule has 82 valence electrons. The van der Waals surface area contributed by atoms with Gasteiger partial charge < -0.3 is 0 Å². The standard InChI is InChI=1S/C14H19F/c1-2-11-6-8-12(9-7-11)13-4-3-5-14(15)10-13/h6-9,13-14H,2-5,10H2,1H3. The van der Waals surface area contributed by atoms with Gasteiger partial charge in [-0.3, -0.25) is 0 Å². The Labute approximate surface area is 91.5 Å². The fourth-order valence-electron chi connectivity index (χ4n) is 2.46. The molecule has 2 atom stereocenters. The van der Waals surface area contributed by atoms with E-state index in [1.807, 2.05) is 0 Å². The SMILES string of the molecule is CCc1ccc(C2CCCC(F)C2)cc1. The largest absolute Gasteiger partial charge is 0.247 e. The Hall–Kier alpha value is -0.850. The molecule has 1 aliphatic rings. The molecule has 1 saturated carbocycles. The summed E-state index contributed by atoms with van der Waals surface area (Å²) in [5, 5.41) is 0. The minimum Gasteiger partial charge on any atom is -0.247 e. The molecule has 1 heteroatoms. The number of hydrogen-bond donors (Lipinski definition) is 0.